The third-order valence-corrected chi connectivity index (χ3v) is 7.38. The molecule has 2 heterocycles. The summed E-state index contributed by atoms with van der Waals surface area (Å²) in [6.45, 7) is 5.90. The lowest BCUT2D eigenvalue weighted by Crippen LogP contribution is -2.43. The maximum Gasteiger partial charge on any atom is 0.318 e. The summed E-state index contributed by atoms with van der Waals surface area (Å²) in [5.74, 6) is 0.836. The second kappa shape index (κ2) is 8.82. The number of carbonyl (C=O) groups is 1. The van der Waals surface area contributed by atoms with Crippen molar-refractivity contribution in [1.29, 1.82) is 0 Å². The molecule has 5 rings (SSSR count). The molecule has 0 unspecified atom stereocenters. The van der Waals surface area contributed by atoms with Crippen molar-refractivity contribution in [3.63, 3.8) is 0 Å². The van der Waals surface area contributed by atoms with Crippen LogP contribution in [0.25, 0.3) is 0 Å². The molecule has 0 bridgehead atoms. The van der Waals surface area contributed by atoms with Gasteiger partial charge in [0.05, 0.1) is 18.6 Å². The standard InChI is InChI=1S/C26H30ClN5O/c1-26(2)14-13-22(20-6-3-4-7-21(20)26)30-25(33)31-15-5-8-23(31)24-28-17-29-32(24)16-18-9-11-19(27)12-10-18/h3-4,6-7,9-12,17,22-23H,5,8,13-16H2,1-2H3,(H,30,33)/t22-,23-/m1/s1. The summed E-state index contributed by atoms with van der Waals surface area (Å²) in [6, 6.07) is 16.2. The van der Waals surface area contributed by atoms with Crippen LogP contribution in [0.4, 0.5) is 4.79 Å². The van der Waals surface area contributed by atoms with E-state index in [-0.39, 0.29) is 23.5 Å². The van der Waals surface area contributed by atoms with Crippen molar-refractivity contribution < 1.29 is 4.79 Å². The van der Waals surface area contributed by atoms with Gasteiger partial charge in [0, 0.05) is 11.6 Å². The number of fused-ring (bicyclic) bond motifs is 1. The number of urea groups is 1. The van der Waals surface area contributed by atoms with Crippen molar-refractivity contribution in [3.05, 3.63) is 82.4 Å². The number of aromatic nitrogens is 3. The first-order valence-corrected chi connectivity index (χ1v) is 12.1. The zero-order valence-electron chi connectivity index (χ0n) is 19.2. The van der Waals surface area contributed by atoms with Crippen LogP contribution in [0.5, 0.6) is 0 Å². The van der Waals surface area contributed by atoms with Gasteiger partial charge in [-0.2, -0.15) is 5.10 Å². The molecular weight excluding hydrogens is 434 g/mol. The normalized spacial score (nSPS) is 21.6. The van der Waals surface area contributed by atoms with Gasteiger partial charge in [0.15, 0.2) is 0 Å². The Morgan fingerprint density at radius 3 is 2.76 bits per heavy atom. The Labute approximate surface area is 200 Å². The average Bonchev–Trinajstić information content (AvgIpc) is 3.47. The molecule has 0 spiro atoms. The second-order valence-corrected chi connectivity index (χ2v) is 10.2. The lowest BCUT2D eigenvalue weighted by atomic mass is 9.71. The quantitative estimate of drug-likeness (QED) is 0.544. The van der Waals surface area contributed by atoms with Crippen molar-refractivity contribution >= 4 is 17.6 Å². The lowest BCUT2D eigenvalue weighted by molar-refractivity contribution is 0.183. The van der Waals surface area contributed by atoms with Gasteiger partial charge < -0.3 is 10.2 Å². The van der Waals surface area contributed by atoms with Crippen LogP contribution in [0.1, 0.15) is 74.1 Å². The molecule has 33 heavy (non-hydrogen) atoms. The van der Waals surface area contributed by atoms with E-state index in [4.69, 9.17) is 11.6 Å². The molecule has 0 saturated carbocycles. The highest BCUT2D eigenvalue weighted by molar-refractivity contribution is 6.30. The van der Waals surface area contributed by atoms with E-state index in [2.05, 4.69) is 53.5 Å². The predicted molar refractivity (Wildman–Crippen MR) is 129 cm³/mol. The third-order valence-electron chi connectivity index (χ3n) is 7.12. The first-order chi connectivity index (χ1) is 15.9. The Morgan fingerprint density at radius 2 is 1.94 bits per heavy atom. The van der Waals surface area contributed by atoms with E-state index < -0.39 is 0 Å². The minimum atomic E-state index is -0.0740. The molecule has 1 aliphatic heterocycles. The van der Waals surface area contributed by atoms with Gasteiger partial charge in [0.2, 0.25) is 0 Å². The molecule has 2 aliphatic rings. The van der Waals surface area contributed by atoms with Crippen molar-refractivity contribution in [3.8, 4) is 0 Å². The van der Waals surface area contributed by atoms with E-state index in [1.54, 1.807) is 6.33 Å². The highest BCUT2D eigenvalue weighted by Gasteiger charge is 2.37. The fraction of sp³-hybridized carbons (Fsp3) is 0.423. The minimum absolute atomic E-state index is 0.0157. The highest BCUT2D eigenvalue weighted by Crippen LogP contribution is 2.41. The first-order valence-electron chi connectivity index (χ1n) is 11.7. The fourth-order valence-electron chi connectivity index (χ4n) is 5.29. The Hall–Kier alpha value is -2.86. The average molecular weight is 464 g/mol. The molecule has 2 aromatic carbocycles. The van der Waals surface area contributed by atoms with Gasteiger partial charge in [-0.25, -0.2) is 14.5 Å². The number of likely N-dealkylation sites (tertiary alicyclic amines) is 1. The number of nitrogens with one attached hydrogen (secondary N) is 1. The topological polar surface area (TPSA) is 63.1 Å². The van der Waals surface area contributed by atoms with Gasteiger partial charge in [-0.15, -0.1) is 0 Å². The van der Waals surface area contributed by atoms with Crippen LogP contribution in [0.2, 0.25) is 5.02 Å². The van der Waals surface area contributed by atoms with Crippen LogP contribution in [0.3, 0.4) is 0 Å². The maximum atomic E-state index is 13.4. The van der Waals surface area contributed by atoms with Crippen LogP contribution < -0.4 is 5.32 Å². The van der Waals surface area contributed by atoms with Crippen LogP contribution in [-0.2, 0) is 12.0 Å². The van der Waals surface area contributed by atoms with Crippen molar-refractivity contribution in [2.24, 2.45) is 0 Å². The monoisotopic (exact) mass is 463 g/mol. The van der Waals surface area contributed by atoms with Crippen LogP contribution in [0.15, 0.2) is 54.9 Å². The minimum Gasteiger partial charge on any atom is -0.331 e. The van der Waals surface area contributed by atoms with E-state index in [0.717, 1.165) is 43.6 Å². The molecular formula is C26H30ClN5O. The van der Waals surface area contributed by atoms with Gasteiger partial charge in [-0.3, -0.25) is 0 Å². The van der Waals surface area contributed by atoms with Crippen LogP contribution >= 0.6 is 11.6 Å². The number of carbonyl (C=O) groups excluding carboxylic acids is 1. The molecule has 2 atom stereocenters. The van der Waals surface area contributed by atoms with Crippen LogP contribution in [-0.4, -0.2) is 32.2 Å². The molecule has 1 fully saturated rings. The Bertz CT molecular complexity index is 1140. The number of hydrogen-bond acceptors (Lipinski definition) is 3. The van der Waals surface area contributed by atoms with E-state index in [0.29, 0.717) is 11.6 Å². The third kappa shape index (κ3) is 4.36. The summed E-state index contributed by atoms with van der Waals surface area (Å²) in [5.41, 5.74) is 3.80. The van der Waals surface area contributed by atoms with Gasteiger partial charge in [-0.05, 0) is 59.9 Å². The zero-order chi connectivity index (χ0) is 23.0. The highest BCUT2D eigenvalue weighted by atomic mass is 35.5. The molecule has 6 nitrogen and oxygen atoms in total. The number of halogens is 1. The van der Waals surface area contributed by atoms with Crippen molar-refractivity contribution in [1.82, 2.24) is 25.0 Å². The molecule has 3 aromatic rings. The Kier molecular flexibility index (Phi) is 5.87. The molecule has 7 heteroatoms. The lowest BCUT2D eigenvalue weighted by Gasteiger charge is -2.38. The number of rotatable bonds is 4. The molecule has 1 saturated heterocycles. The fourth-order valence-corrected chi connectivity index (χ4v) is 5.41. The molecule has 172 valence electrons. The molecule has 2 amide bonds. The zero-order valence-corrected chi connectivity index (χ0v) is 19.9. The summed E-state index contributed by atoms with van der Waals surface area (Å²) >= 11 is 6.02. The summed E-state index contributed by atoms with van der Waals surface area (Å²) in [4.78, 5) is 19.9. The summed E-state index contributed by atoms with van der Waals surface area (Å²) in [6.07, 6.45) is 5.43. The Morgan fingerprint density at radius 1 is 1.15 bits per heavy atom. The number of hydrogen-bond donors (Lipinski definition) is 1. The molecule has 0 radical (unpaired) electrons. The molecule has 1 aromatic heterocycles. The van der Waals surface area contributed by atoms with Crippen LogP contribution in [0, 0.1) is 0 Å². The van der Waals surface area contributed by atoms with E-state index in [1.807, 2.05) is 33.8 Å². The summed E-state index contributed by atoms with van der Waals surface area (Å²) in [5, 5.41) is 8.50. The number of benzene rings is 2. The molecule has 1 N–H and O–H groups in total. The summed E-state index contributed by atoms with van der Waals surface area (Å²) in [7, 11) is 0. The predicted octanol–water partition coefficient (Wildman–Crippen LogP) is 5.64. The Balaban J connectivity index is 1.33. The van der Waals surface area contributed by atoms with Gasteiger partial charge >= 0.3 is 6.03 Å². The first kappa shape index (κ1) is 22.0. The van der Waals surface area contributed by atoms with E-state index in [1.165, 1.54) is 11.1 Å². The van der Waals surface area contributed by atoms with E-state index in [9.17, 15) is 4.79 Å². The smallest absolute Gasteiger partial charge is 0.318 e. The SMILES string of the molecule is CC1(C)CC[C@@H](NC(=O)N2CCC[C@@H]2c2ncnn2Cc2ccc(Cl)cc2)c2ccccc21. The largest absolute Gasteiger partial charge is 0.331 e. The number of nitrogens with zero attached hydrogens (tertiary/aromatic N) is 4. The van der Waals surface area contributed by atoms with E-state index >= 15 is 0 Å². The van der Waals surface area contributed by atoms with Gasteiger partial charge in [0.1, 0.15) is 12.2 Å². The second-order valence-electron chi connectivity index (χ2n) is 9.77. The van der Waals surface area contributed by atoms with Crippen molar-refractivity contribution in [2.45, 2.75) is 63.6 Å². The number of amides is 2. The maximum absolute atomic E-state index is 13.4. The summed E-state index contributed by atoms with van der Waals surface area (Å²) < 4.78 is 1.90. The molecule has 1 aliphatic carbocycles. The van der Waals surface area contributed by atoms with Crippen molar-refractivity contribution in [2.75, 3.05) is 6.54 Å². The van der Waals surface area contributed by atoms with Gasteiger partial charge in [0.25, 0.3) is 0 Å². The van der Waals surface area contributed by atoms with Gasteiger partial charge in [-0.1, -0.05) is 61.8 Å².